The van der Waals surface area contributed by atoms with Gasteiger partial charge in [0.2, 0.25) is 0 Å². The minimum absolute atomic E-state index is 0.721. The van der Waals surface area contributed by atoms with E-state index in [9.17, 15) is 4.21 Å². The van der Waals surface area contributed by atoms with E-state index in [1.54, 1.807) is 6.92 Å². The Morgan fingerprint density at radius 2 is 2.71 bits per heavy atom. The van der Waals surface area contributed by atoms with Crippen molar-refractivity contribution in [1.29, 1.82) is 0 Å². The molecule has 0 spiro atoms. The summed E-state index contributed by atoms with van der Waals surface area (Å²) in [5.41, 5.74) is 0. The van der Waals surface area contributed by atoms with Crippen LogP contribution in [0.15, 0.2) is 4.40 Å². The van der Waals surface area contributed by atoms with Crippen molar-refractivity contribution in [3.05, 3.63) is 0 Å². The Morgan fingerprint density at radius 1 is 2.00 bits per heavy atom. The van der Waals surface area contributed by atoms with E-state index in [4.69, 9.17) is 0 Å². The van der Waals surface area contributed by atoms with Gasteiger partial charge in [-0.25, -0.2) is 4.21 Å². The van der Waals surface area contributed by atoms with Crippen LogP contribution in [0.1, 0.15) is 6.92 Å². The van der Waals surface area contributed by atoms with Crippen LogP contribution in [0.25, 0.3) is 0 Å². The normalized spacial score (nSPS) is 30.4. The second kappa shape index (κ2) is 1.94. The van der Waals surface area contributed by atoms with Crippen molar-refractivity contribution in [2.45, 2.75) is 6.92 Å². The quantitative estimate of drug-likeness (QED) is 0.460. The van der Waals surface area contributed by atoms with Crippen LogP contribution < -0.4 is 0 Å². The average Bonchev–Trinajstić information content (AvgIpc) is 1.87. The lowest BCUT2D eigenvalue weighted by Crippen LogP contribution is -1.72. The maximum Gasteiger partial charge on any atom is 0.297 e. The molecular weight excluding hydrogens is 134 g/mol. The largest absolute Gasteiger partial charge is 0.297 e. The highest BCUT2D eigenvalue weighted by atomic mass is 32.3. The molecule has 0 amide bonds. The third kappa shape index (κ3) is 1.25. The van der Waals surface area contributed by atoms with Gasteiger partial charge < -0.3 is 0 Å². The lowest BCUT2D eigenvalue weighted by atomic mass is 10.9. The van der Waals surface area contributed by atoms with Crippen molar-refractivity contribution in [3.63, 3.8) is 0 Å². The van der Waals surface area contributed by atoms with E-state index in [1.165, 1.54) is 0 Å². The predicted octanol–water partition coefficient (Wildman–Crippen LogP) is 0.662. The molecule has 0 aromatic carbocycles. The van der Waals surface area contributed by atoms with E-state index in [2.05, 4.69) is 8.03 Å². The summed E-state index contributed by atoms with van der Waals surface area (Å²) in [6, 6.07) is 0. The summed E-state index contributed by atoms with van der Waals surface area (Å²) >= 11 is -0.347. The number of hydrogen-bond acceptors (Lipinski definition) is 3. The first-order chi connectivity index (χ1) is 3.29. The van der Waals surface area contributed by atoms with E-state index in [-0.39, 0.29) is 0 Å². The average molecular weight is 137 g/mol. The molecule has 1 unspecified atom stereocenters. The Labute approximate surface area is 48.2 Å². The molecular formula is C2H3NO2S2. The van der Waals surface area contributed by atoms with Crippen LogP contribution >= 0.6 is 12.0 Å². The number of rotatable bonds is 0. The van der Waals surface area contributed by atoms with Crippen molar-refractivity contribution in [1.82, 2.24) is 0 Å². The van der Waals surface area contributed by atoms with E-state index in [0.29, 0.717) is 0 Å². The summed E-state index contributed by atoms with van der Waals surface area (Å²) in [6.45, 7) is 1.75. The van der Waals surface area contributed by atoms with Gasteiger partial charge in [0.05, 0.1) is 12.0 Å². The molecule has 0 aromatic heterocycles. The zero-order valence-corrected chi connectivity index (χ0v) is 5.21. The van der Waals surface area contributed by atoms with Gasteiger partial charge in [0.1, 0.15) is 5.04 Å². The fourth-order valence-corrected chi connectivity index (χ4v) is 1.48. The van der Waals surface area contributed by atoms with Crippen molar-refractivity contribution in [2.24, 2.45) is 4.40 Å². The minimum Gasteiger partial charge on any atom is -0.202 e. The van der Waals surface area contributed by atoms with Gasteiger partial charge >= 0.3 is 0 Å². The van der Waals surface area contributed by atoms with E-state index >= 15 is 0 Å². The standard InChI is InChI=1S/C2H3NO2S2/c1-2-3-7(4)5-6-2/h1H3. The van der Waals surface area contributed by atoms with Crippen LogP contribution in [0.2, 0.25) is 0 Å². The zero-order chi connectivity index (χ0) is 5.28. The maximum atomic E-state index is 10.1. The molecule has 1 aliphatic heterocycles. The van der Waals surface area contributed by atoms with Crippen LogP contribution in [0, 0.1) is 0 Å². The summed E-state index contributed by atoms with van der Waals surface area (Å²) in [5.74, 6) is 0. The van der Waals surface area contributed by atoms with Gasteiger partial charge in [0.25, 0.3) is 11.3 Å². The predicted molar refractivity (Wildman–Crippen MR) is 29.9 cm³/mol. The Balaban J connectivity index is 2.67. The molecule has 7 heavy (non-hydrogen) atoms. The summed E-state index contributed by atoms with van der Waals surface area (Å²) in [7, 11) is 0. The van der Waals surface area contributed by atoms with E-state index in [0.717, 1.165) is 17.1 Å². The fraction of sp³-hybridized carbons (Fsp3) is 0.500. The molecule has 0 saturated heterocycles. The highest BCUT2D eigenvalue weighted by Gasteiger charge is 2.08. The molecule has 0 radical (unpaired) electrons. The lowest BCUT2D eigenvalue weighted by Gasteiger charge is -1.75. The SMILES string of the molecule is CC1=NS(=O)OS1. The molecule has 0 N–H and O–H groups in total. The van der Waals surface area contributed by atoms with Crippen LogP contribution in [-0.2, 0) is 14.9 Å². The van der Waals surface area contributed by atoms with E-state index in [1.807, 2.05) is 0 Å². The molecule has 5 heteroatoms. The molecule has 1 atom stereocenters. The summed E-state index contributed by atoms with van der Waals surface area (Å²) in [6.07, 6.45) is 0. The summed E-state index contributed by atoms with van der Waals surface area (Å²) in [4.78, 5) is 0. The molecule has 1 rings (SSSR count). The van der Waals surface area contributed by atoms with Gasteiger partial charge in [-0.3, -0.25) is 0 Å². The van der Waals surface area contributed by atoms with Crippen molar-refractivity contribution < 1.29 is 7.84 Å². The van der Waals surface area contributed by atoms with Crippen LogP contribution in [0.4, 0.5) is 0 Å². The van der Waals surface area contributed by atoms with E-state index < -0.39 is 11.3 Å². The van der Waals surface area contributed by atoms with Crippen LogP contribution in [0.3, 0.4) is 0 Å². The Hall–Kier alpha value is 0.130. The molecule has 0 aromatic rings. The van der Waals surface area contributed by atoms with Crippen LogP contribution in [0.5, 0.6) is 0 Å². The second-order valence-corrected chi connectivity index (χ2v) is 2.90. The molecule has 0 fully saturated rings. The Morgan fingerprint density at radius 3 is 2.86 bits per heavy atom. The first-order valence-electron chi connectivity index (χ1n) is 1.61. The van der Waals surface area contributed by atoms with Gasteiger partial charge in [0.15, 0.2) is 0 Å². The molecule has 0 saturated carbocycles. The molecule has 3 nitrogen and oxygen atoms in total. The molecule has 40 valence electrons. The highest BCUT2D eigenvalue weighted by Crippen LogP contribution is 2.16. The molecule has 0 bridgehead atoms. The monoisotopic (exact) mass is 137 g/mol. The van der Waals surface area contributed by atoms with Crippen LogP contribution in [-0.4, -0.2) is 9.25 Å². The Kier molecular flexibility index (Phi) is 1.46. The molecule has 1 heterocycles. The first kappa shape index (κ1) is 5.27. The second-order valence-electron chi connectivity index (χ2n) is 0.979. The topological polar surface area (TPSA) is 38.7 Å². The van der Waals surface area contributed by atoms with Gasteiger partial charge in [-0.1, -0.05) is 0 Å². The smallest absolute Gasteiger partial charge is 0.202 e. The number of nitrogens with zero attached hydrogens (tertiary/aromatic N) is 1. The highest BCUT2D eigenvalue weighted by molar-refractivity contribution is 8.16. The van der Waals surface area contributed by atoms with Gasteiger partial charge in [-0.05, 0) is 6.92 Å². The van der Waals surface area contributed by atoms with Gasteiger partial charge in [-0.2, -0.15) is 8.03 Å². The van der Waals surface area contributed by atoms with Gasteiger partial charge in [-0.15, -0.1) is 0 Å². The molecule has 0 aliphatic carbocycles. The third-order valence-corrected chi connectivity index (χ3v) is 2.02. The third-order valence-electron chi connectivity index (χ3n) is 0.416. The lowest BCUT2D eigenvalue weighted by molar-refractivity contribution is 0.618. The van der Waals surface area contributed by atoms with Crippen molar-refractivity contribution in [2.75, 3.05) is 0 Å². The first-order valence-corrected chi connectivity index (χ1v) is 3.38. The zero-order valence-electron chi connectivity index (χ0n) is 3.58. The number of hydrogen-bond donors (Lipinski definition) is 0. The van der Waals surface area contributed by atoms with Crippen molar-refractivity contribution in [3.8, 4) is 0 Å². The minimum atomic E-state index is -1.40. The van der Waals surface area contributed by atoms with Gasteiger partial charge in [0, 0.05) is 0 Å². The Bertz CT molecular complexity index is 132. The maximum absolute atomic E-state index is 10.1. The fourth-order valence-electron chi connectivity index (χ4n) is 0.214. The summed E-state index contributed by atoms with van der Waals surface area (Å²) in [5, 5.41) is 0.721. The van der Waals surface area contributed by atoms with Crippen molar-refractivity contribution >= 4 is 28.4 Å². The summed E-state index contributed by atoms with van der Waals surface area (Å²) < 4.78 is 18.1. The molecule has 1 aliphatic rings.